The van der Waals surface area contributed by atoms with Crippen LogP contribution in [0.4, 0.5) is 10.8 Å². The molecule has 9 heteroatoms. The molecule has 0 saturated heterocycles. The van der Waals surface area contributed by atoms with Gasteiger partial charge in [-0.25, -0.2) is 9.78 Å². The third kappa shape index (κ3) is 4.36. The van der Waals surface area contributed by atoms with Gasteiger partial charge in [-0.05, 0) is 43.8 Å². The van der Waals surface area contributed by atoms with Gasteiger partial charge in [0.25, 0.3) is 5.91 Å². The topological polar surface area (TPSA) is 83.6 Å². The third-order valence-corrected chi connectivity index (χ3v) is 4.89. The first-order chi connectivity index (χ1) is 12.2. The van der Waals surface area contributed by atoms with Crippen LogP contribution in [-0.2, 0) is 4.74 Å². The number of anilines is 2. The van der Waals surface area contributed by atoms with E-state index in [2.05, 4.69) is 15.6 Å². The highest BCUT2D eigenvalue weighted by Crippen LogP contribution is 2.34. The zero-order chi connectivity index (χ0) is 19.4. The lowest BCUT2D eigenvalue weighted by Crippen LogP contribution is -2.21. The molecule has 0 unspecified atom stereocenters. The number of methoxy groups -OCH3 is 1. The number of carbonyl (C=O) groups excluding carboxylic acids is 2. The number of thiophene rings is 1. The molecule has 0 spiro atoms. The molecule has 0 atom stereocenters. The van der Waals surface area contributed by atoms with Crippen LogP contribution in [0, 0.1) is 13.8 Å². The molecular formula is C17H20N4O3S2. The lowest BCUT2D eigenvalue weighted by Gasteiger charge is -2.10. The number of pyridine rings is 1. The monoisotopic (exact) mass is 392 g/mol. The van der Waals surface area contributed by atoms with Gasteiger partial charge in [-0.1, -0.05) is 6.07 Å². The summed E-state index contributed by atoms with van der Waals surface area (Å²) in [4.78, 5) is 30.8. The van der Waals surface area contributed by atoms with Crippen LogP contribution in [0.3, 0.4) is 0 Å². The van der Waals surface area contributed by atoms with E-state index in [9.17, 15) is 9.59 Å². The Labute approximate surface area is 161 Å². The molecule has 2 aromatic rings. The molecule has 26 heavy (non-hydrogen) atoms. The van der Waals surface area contributed by atoms with Gasteiger partial charge < -0.3 is 20.3 Å². The molecule has 0 fully saturated rings. The van der Waals surface area contributed by atoms with Crippen molar-refractivity contribution in [2.45, 2.75) is 13.8 Å². The summed E-state index contributed by atoms with van der Waals surface area (Å²) in [6.07, 6.45) is 0. The average molecular weight is 393 g/mol. The molecule has 2 rings (SSSR count). The Balaban J connectivity index is 2.32. The smallest absolute Gasteiger partial charge is 0.341 e. The van der Waals surface area contributed by atoms with Crippen molar-refractivity contribution in [1.29, 1.82) is 0 Å². The zero-order valence-electron chi connectivity index (χ0n) is 15.2. The molecule has 0 aliphatic heterocycles. The number of hydrogen-bond donors (Lipinski definition) is 2. The number of aromatic nitrogens is 1. The standard InChI is InChI=1S/C17H20N4O3S2/c1-9-7-6-8-11(18-9)19-17(25)20-14-12(16(23)24-5)10(2)13(26-14)15(22)21(3)4/h6-8H,1-5H3,(H2,18,19,20,25). The highest BCUT2D eigenvalue weighted by atomic mass is 32.1. The van der Waals surface area contributed by atoms with E-state index in [0.717, 1.165) is 17.0 Å². The first-order valence-electron chi connectivity index (χ1n) is 7.69. The molecule has 1 amide bonds. The lowest BCUT2D eigenvalue weighted by atomic mass is 10.1. The summed E-state index contributed by atoms with van der Waals surface area (Å²) < 4.78 is 4.85. The van der Waals surface area contributed by atoms with Crippen LogP contribution in [0.1, 0.15) is 31.3 Å². The van der Waals surface area contributed by atoms with Crippen LogP contribution in [0.5, 0.6) is 0 Å². The van der Waals surface area contributed by atoms with E-state index >= 15 is 0 Å². The molecule has 0 aliphatic rings. The van der Waals surface area contributed by atoms with Crippen LogP contribution < -0.4 is 10.6 Å². The van der Waals surface area contributed by atoms with Gasteiger partial charge in [0.15, 0.2) is 5.11 Å². The maximum atomic E-state index is 12.4. The first-order valence-corrected chi connectivity index (χ1v) is 8.92. The first kappa shape index (κ1) is 19.8. The van der Waals surface area contributed by atoms with Crippen LogP contribution in [0.25, 0.3) is 0 Å². The van der Waals surface area contributed by atoms with Crippen molar-refractivity contribution in [3.05, 3.63) is 39.9 Å². The maximum Gasteiger partial charge on any atom is 0.341 e. The van der Waals surface area contributed by atoms with Gasteiger partial charge >= 0.3 is 5.97 Å². The minimum absolute atomic E-state index is 0.190. The van der Waals surface area contributed by atoms with Crippen molar-refractivity contribution in [2.24, 2.45) is 0 Å². The SMILES string of the molecule is COC(=O)c1c(NC(=S)Nc2cccc(C)n2)sc(C(=O)N(C)C)c1C. The van der Waals surface area contributed by atoms with Crippen molar-refractivity contribution >= 4 is 51.4 Å². The average Bonchev–Trinajstić information content (AvgIpc) is 2.89. The van der Waals surface area contributed by atoms with Crippen molar-refractivity contribution in [2.75, 3.05) is 31.8 Å². The fourth-order valence-electron chi connectivity index (χ4n) is 2.22. The normalized spacial score (nSPS) is 10.2. The zero-order valence-corrected chi connectivity index (χ0v) is 16.8. The van der Waals surface area contributed by atoms with Gasteiger partial charge in [-0.3, -0.25) is 4.79 Å². The van der Waals surface area contributed by atoms with E-state index in [1.54, 1.807) is 27.1 Å². The molecule has 0 radical (unpaired) electrons. The van der Waals surface area contributed by atoms with Gasteiger partial charge in [0.1, 0.15) is 10.8 Å². The molecule has 0 bridgehead atoms. The van der Waals surface area contributed by atoms with E-state index < -0.39 is 5.97 Å². The van der Waals surface area contributed by atoms with Crippen LogP contribution >= 0.6 is 23.6 Å². The van der Waals surface area contributed by atoms with E-state index in [1.807, 2.05) is 19.1 Å². The summed E-state index contributed by atoms with van der Waals surface area (Å²) in [5, 5.41) is 6.65. The Morgan fingerprint density at radius 1 is 1.23 bits per heavy atom. The minimum Gasteiger partial charge on any atom is -0.465 e. The van der Waals surface area contributed by atoms with Gasteiger partial charge in [-0.2, -0.15) is 0 Å². The van der Waals surface area contributed by atoms with Crippen LogP contribution in [0.2, 0.25) is 0 Å². The molecule has 2 N–H and O–H groups in total. The van der Waals surface area contributed by atoms with E-state index in [1.165, 1.54) is 12.0 Å². The second-order valence-corrected chi connectivity index (χ2v) is 7.12. The number of nitrogens with zero attached hydrogens (tertiary/aromatic N) is 2. The molecule has 0 aliphatic carbocycles. The fourth-order valence-corrected chi connectivity index (χ4v) is 3.71. The number of amides is 1. The number of carbonyl (C=O) groups is 2. The van der Waals surface area contributed by atoms with Gasteiger partial charge in [0, 0.05) is 19.8 Å². The van der Waals surface area contributed by atoms with Crippen molar-refractivity contribution in [1.82, 2.24) is 9.88 Å². The molecule has 7 nitrogen and oxygen atoms in total. The van der Waals surface area contributed by atoms with E-state index in [4.69, 9.17) is 17.0 Å². The molecule has 2 heterocycles. The number of esters is 1. The summed E-state index contributed by atoms with van der Waals surface area (Å²) in [5.74, 6) is -0.138. The van der Waals surface area contributed by atoms with Crippen molar-refractivity contribution in [3.8, 4) is 0 Å². The van der Waals surface area contributed by atoms with E-state index in [0.29, 0.717) is 26.8 Å². The summed E-state index contributed by atoms with van der Waals surface area (Å²) in [6.45, 7) is 3.59. The quantitative estimate of drug-likeness (QED) is 0.611. The molecular weight excluding hydrogens is 372 g/mol. The highest BCUT2D eigenvalue weighted by molar-refractivity contribution is 7.80. The number of hydrogen-bond acceptors (Lipinski definition) is 6. The number of thiocarbonyl (C=S) groups is 1. The maximum absolute atomic E-state index is 12.4. The van der Waals surface area contributed by atoms with Gasteiger partial charge in [0.05, 0.1) is 17.6 Å². The van der Waals surface area contributed by atoms with Crippen molar-refractivity contribution < 1.29 is 14.3 Å². The Morgan fingerprint density at radius 2 is 1.92 bits per heavy atom. The van der Waals surface area contributed by atoms with E-state index in [-0.39, 0.29) is 11.0 Å². The Kier molecular flexibility index (Phi) is 6.27. The Bertz CT molecular complexity index is 862. The molecule has 0 saturated carbocycles. The highest BCUT2D eigenvalue weighted by Gasteiger charge is 2.26. The Morgan fingerprint density at radius 3 is 2.50 bits per heavy atom. The van der Waals surface area contributed by atoms with Crippen molar-refractivity contribution in [3.63, 3.8) is 0 Å². The minimum atomic E-state index is -0.532. The predicted octanol–water partition coefficient (Wildman–Crippen LogP) is 3.06. The third-order valence-electron chi connectivity index (χ3n) is 3.49. The number of aryl methyl sites for hydroxylation is 1. The fraction of sp³-hybridized carbons (Fsp3) is 0.294. The second-order valence-electron chi connectivity index (χ2n) is 5.69. The van der Waals surface area contributed by atoms with Crippen LogP contribution in [0.15, 0.2) is 18.2 Å². The molecule has 2 aromatic heterocycles. The van der Waals surface area contributed by atoms with Gasteiger partial charge in [0.2, 0.25) is 0 Å². The Hall–Kier alpha value is -2.52. The van der Waals surface area contributed by atoms with Gasteiger partial charge in [-0.15, -0.1) is 11.3 Å². The summed E-state index contributed by atoms with van der Waals surface area (Å²) >= 11 is 6.47. The number of ether oxygens (including phenoxy) is 1. The number of rotatable bonds is 4. The molecule has 0 aromatic carbocycles. The summed E-state index contributed by atoms with van der Waals surface area (Å²) in [5.41, 5.74) is 1.70. The largest absolute Gasteiger partial charge is 0.465 e. The second kappa shape index (κ2) is 8.24. The number of nitrogens with one attached hydrogen (secondary N) is 2. The lowest BCUT2D eigenvalue weighted by molar-refractivity contribution is 0.0601. The predicted molar refractivity (Wildman–Crippen MR) is 107 cm³/mol. The summed E-state index contributed by atoms with van der Waals surface area (Å²) in [7, 11) is 4.61. The summed E-state index contributed by atoms with van der Waals surface area (Å²) in [6, 6.07) is 5.51. The van der Waals surface area contributed by atoms with Crippen LogP contribution in [-0.4, -0.2) is 48.1 Å². The molecule has 138 valence electrons.